The number of rotatable bonds is 0. The molecule has 4 nitrogen and oxygen atoms in total. The minimum absolute atomic E-state index is 0.238. The molecule has 0 aliphatic carbocycles. The summed E-state index contributed by atoms with van der Waals surface area (Å²) in [5.74, 6) is 0. The molecule has 0 spiro atoms. The van der Waals surface area contributed by atoms with Gasteiger partial charge in [-0.25, -0.2) is 0 Å². The highest BCUT2D eigenvalue weighted by atomic mass is 32.2. The van der Waals surface area contributed by atoms with Gasteiger partial charge in [0.1, 0.15) is 12.2 Å². The van der Waals surface area contributed by atoms with E-state index in [0.717, 1.165) is 0 Å². The van der Waals surface area contributed by atoms with Gasteiger partial charge in [0.2, 0.25) is 4.75 Å². The van der Waals surface area contributed by atoms with Crippen LogP contribution in [0.4, 0.5) is 13.2 Å². The summed E-state index contributed by atoms with van der Waals surface area (Å²) in [6.45, 7) is 0. The Kier molecular flexibility index (Phi) is 1.53. The summed E-state index contributed by atoms with van der Waals surface area (Å²) in [5, 5.41) is 0. The van der Waals surface area contributed by atoms with E-state index in [9.17, 15) is 21.6 Å². The van der Waals surface area contributed by atoms with E-state index in [1.807, 2.05) is 0 Å². The topological polar surface area (TPSA) is 52.6 Å². The summed E-state index contributed by atoms with van der Waals surface area (Å²) in [6, 6.07) is 0. The van der Waals surface area contributed by atoms with E-state index < -0.39 is 45.8 Å². The Hall–Kier alpha value is -0.340. The molecular formula is C7H7F3O4S. The van der Waals surface area contributed by atoms with Crippen molar-refractivity contribution >= 4 is 10.1 Å². The number of hydrogen-bond donors (Lipinski definition) is 0. The molecule has 3 aliphatic rings. The van der Waals surface area contributed by atoms with Gasteiger partial charge in [0, 0.05) is 12.8 Å². The van der Waals surface area contributed by atoms with Gasteiger partial charge < -0.3 is 4.74 Å². The van der Waals surface area contributed by atoms with E-state index in [1.54, 1.807) is 0 Å². The predicted octanol–water partition coefficient (Wildman–Crippen LogP) is 0.577. The van der Waals surface area contributed by atoms with Crippen LogP contribution in [0.25, 0.3) is 0 Å². The van der Waals surface area contributed by atoms with Crippen molar-refractivity contribution in [2.45, 2.75) is 42.1 Å². The maximum Gasteiger partial charge on any atom is 0.413 e. The van der Waals surface area contributed by atoms with E-state index in [-0.39, 0.29) is 6.42 Å². The molecule has 4 atom stereocenters. The summed E-state index contributed by atoms with van der Waals surface area (Å²) in [5.41, 5.74) is 0. The zero-order valence-electron chi connectivity index (χ0n) is 7.32. The maximum atomic E-state index is 12.9. The molecule has 0 amide bonds. The fraction of sp³-hybridized carbons (Fsp3) is 1.00. The van der Waals surface area contributed by atoms with Crippen LogP contribution in [-0.4, -0.2) is 37.7 Å². The van der Waals surface area contributed by atoms with Gasteiger partial charge in [0.05, 0.1) is 6.10 Å². The predicted molar refractivity (Wildman–Crippen MR) is 40.5 cm³/mol. The van der Waals surface area contributed by atoms with Gasteiger partial charge in [0.25, 0.3) is 10.1 Å². The lowest BCUT2D eigenvalue weighted by atomic mass is 9.86. The van der Waals surface area contributed by atoms with Gasteiger partial charge in [-0.15, -0.1) is 0 Å². The van der Waals surface area contributed by atoms with Gasteiger partial charge >= 0.3 is 6.18 Å². The summed E-state index contributed by atoms with van der Waals surface area (Å²) >= 11 is 0. The van der Waals surface area contributed by atoms with Crippen LogP contribution in [0, 0.1) is 0 Å². The van der Waals surface area contributed by atoms with Gasteiger partial charge in [-0.1, -0.05) is 0 Å². The highest BCUT2D eigenvalue weighted by Crippen LogP contribution is 2.60. The fourth-order valence-corrected chi connectivity index (χ4v) is 4.57. The monoisotopic (exact) mass is 244 g/mol. The molecule has 3 saturated heterocycles. The number of ether oxygens (including phenoxy) is 1. The Labute approximate surface area is 83.5 Å². The van der Waals surface area contributed by atoms with Crippen LogP contribution < -0.4 is 0 Å². The molecule has 86 valence electrons. The number of alkyl halides is 3. The van der Waals surface area contributed by atoms with Crippen LogP contribution >= 0.6 is 0 Å². The second-order valence-electron chi connectivity index (χ2n) is 4.09. The number of fused-ring (bicyclic) bond motifs is 1. The second-order valence-corrected chi connectivity index (χ2v) is 5.92. The largest absolute Gasteiger partial charge is 0.413 e. The van der Waals surface area contributed by atoms with Crippen molar-refractivity contribution in [1.82, 2.24) is 0 Å². The Morgan fingerprint density at radius 3 is 2.47 bits per heavy atom. The van der Waals surface area contributed by atoms with Crippen LogP contribution in [0.1, 0.15) is 12.8 Å². The first-order valence-electron chi connectivity index (χ1n) is 4.43. The Bertz CT molecular complexity index is 416. The van der Waals surface area contributed by atoms with Gasteiger partial charge in [-0.05, 0) is 0 Å². The molecule has 15 heavy (non-hydrogen) atoms. The first-order valence-corrected chi connectivity index (χ1v) is 5.84. The lowest BCUT2D eigenvalue weighted by Crippen LogP contribution is -2.55. The van der Waals surface area contributed by atoms with Crippen LogP contribution in [0.3, 0.4) is 0 Å². The minimum atomic E-state index is -4.83. The average Bonchev–Trinajstić information content (AvgIpc) is 2.58. The molecule has 0 saturated carbocycles. The standard InChI is InChI=1S/C7H7F3O4S/c8-7(9,10)6-2-3-1-4(5(6)13-3)14-15(6,11)12/h3-5H,1-2H2. The van der Waals surface area contributed by atoms with E-state index >= 15 is 0 Å². The lowest BCUT2D eigenvalue weighted by molar-refractivity contribution is -0.171. The van der Waals surface area contributed by atoms with Crippen molar-refractivity contribution in [2.75, 3.05) is 0 Å². The van der Waals surface area contributed by atoms with E-state index in [4.69, 9.17) is 4.74 Å². The molecule has 0 aromatic carbocycles. The molecule has 2 bridgehead atoms. The third-order valence-corrected chi connectivity index (χ3v) is 5.36. The SMILES string of the molecule is O=S1(=O)OC2CC3CC1(C(F)(F)F)C2O3. The van der Waals surface area contributed by atoms with Crippen LogP contribution in [0.2, 0.25) is 0 Å². The Balaban J connectivity index is 2.22. The molecule has 0 N–H and O–H groups in total. The van der Waals surface area contributed by atoms with E-state index in [2.05, 4.69) is 4.18 Å². The first kappa shape index (κ1) is 9.86. The van der Waals surface area contributed by atoms with Crippen molar-refractivity contribution in [2.24, 2.45) is 0 Å². The molecular weight excluding hydrogens is 237 g/mol. The summed E-state index contributed by atoms with van der Waals surface area (Å²) in [7, 11) is -4.60. The fourth-order valence-electron chi connectivity index (χ4n) is 2.73. The molecule has 0 aromatic rings. The van der Waals surface area contributed by atoms with Crippen molar-refractivity contribution in [3.05, 3.63) is 0 Å². The highest BCUT2D eigenvalue weighted by molar-refractivity contribution is 7.88. The second kappa shape index (κ2) is 2.33. The third kappa shape index (κ3) is 0.891. The molecule has 4 unspecified atom stereocenters. The molecule has 8 heteroatoms. The van der Waals surface area contributed by atoms with Gasteiger partial charge in [-0.2, -0.15) is 21.6 Å². The molecule has 3 heterocycles. The first-order chi connectivity index (χ1) is 6.78. The van der Waals surface area contributed by atoms with E-state index in [0.29, 0.717) is 0 Å². The van der Waals surface area contributed by atoms with E-state index in [1.165, 1.54) is 0 Å². The molecule has 3 fully saturated rings. The van der Waals surface area contributed by atoms with Gasteiger partial charge in [0.15, 0.2) is 0 Å². The van der Waals surface area contributed by atoms with Crippen LogP contribution in [0.15, 0.2) is 0 Å². The zero-order valence-corrected chi connectivity index (χ0v) is 8.14. The lowest BCUT2D eigenvalue weighted by Gasteiger charge is -2.28. The summed E-state index contributed by atoms with van der Waals surface area (Å²) in [6.07, 6.45) is -8.08. The van der Waals surface area contributed by atoms with Gasteiger partial charge in [-0.3, -0.25) is 4.18 Å². The number of hydrogen-bond acceptors (Lipinski definition) is 4. The molecule has 0 radical (unpaired) electrons. The van der Waals surface area contributed by atoms with Crippen molar-refractivity contribution in [3.63, 3.8) is 0 Å². The van der Waals surface area contributed by atoms with Crippen LogP contribution in [-0.2, 0) is 19.0 Å². The zero-order chi connectivity index (χ0) is 11.1. The highest BCUT2D eigenvalue weighted by Gasteiger charge is 2.81. The molecule has 3 aliphatic heterocycles. The summed E-state index contributed by atoms with van der Waals surface area (Å²) < 4.78 is 68.1. The minimum Gasteiger partial charge on any atom is -0.370 e. The average molecular weight is 244 g/mol. The molecule has 0 aromatic heterocycles. The normalized spacial score (nSPS) is 51.3. The smallest absolute Gasteiger partial charge is 0.370 e. The van der Waals surface area contributed by atoms with Crippen molar-refractivity contribution < 1.29 is 30.5 Å². The Morgan fingerprint density at radius 1 is 1.33 bits per heavy atom. The quantitative estimate of drug-likeness (QED) is 0.585. The maximum absolute atomic E-state index is 12.9. The van der Waals surface area contributed by atoms with Crippen molar-refractivity contribution in [3.8, 4) is 0 Å². The van der Waals surface area contributed by atoms with Crippen LogP contribution in [0.5, 0.6) is 0 Å². The third-order valence-electron chi connectivity index (χ3n) is 3.34. The molecule has 3 rings (SSSR count). The van der Waals surface area contributed by atoms with Crippen molar-refractivity contribution in [1.29, 1.82) is 0 Å². The summed E-state index contributed by atoms with van der Waals surface area (Å²) in [4.78, 5) is 0. The number of halogens is 3. The Morgan fingerprint density at radius 2 is 2.00 bits per heavy atom.